The molecule has 0 aliphatic heterocycles. The van der Waals surface area contributed by atoms with Crippen molar-refractivity contribution in [3.8, 4) is 5.75 Å². The molecule has 118 valence electrons. The third-order valence-corrected chi connectivity index (χ3v) is 4.36. The standard InChI is InChI=1S/C13H18ClNO5S/c1-3-5-6-8-7-9(13(16)17)11(20-4-2)12(10(8)14)21(15,18)19/h7H,3-6H2,1-2H3,(H,16,17)(H2,15,18,19). The second-order valence-electron chi connectivity index (χ2n) is 4.44. The first kappa shape index (κ1) is 17.7. The Bertz CT molecular complexity index is 642. The van der Waals surface area contributed by atoms with Crippen LogP contribution in [0.2, 0.25) is 5.02 Å². The molecule has 0 heterocycles. The molecule has 0 atom stereocenters. The summed E-state index contributed by atoms with van der Waals surface area (Å²) in [5.74, 6) is -1.60. The van der Waals surface area contributed by atoms with Gasteiger partial charge in [-0.3, -0.25) is 0 Å². The lowest BCUT2D eigenvalue weighted by Gasteiger charge is -2.16. The van der Waals surface area contributed by atoms with Gasteiger partial charge in [0.05, 0.1) is 11.6 Å². The highest BCUT2D eigenvalue weighted by Gasteiger charge is 2.28. The van der Waals surface area contributed by atoms with Crippen LogP contribution in [0, 0.1) is 0 Å². The summed E-state index contributed by atoms with van der Waals surface area (Å²) in [5.41, 5.74) is 0.180. The molecule has 0 fully saturated rings. The number of hydrogen-bond acceptors (Lipinski definition) is 4. The van der Waals surface area contributed by atoms with Crippen molar-refractivity contribution in [1.82, 2.24) is 0 Å². The van der Waals surface area contributed by atoms with Gasteiger partial charge in [0.2, 0.25) is 10.0 Å². The first-order chi connectivity index (χ1) is 9.73. The molecule has 0 aliphatic rings. The normalized spacial score (nSPS) is 11.4. The maximum Gasteiger partial charge on any atom is 0.339 e. The lowest BCUT2D eigenvalue weighted by atomic mass is 10.0. The van der Waals surface area contributed by atoms with E-state index in [-0.39, 0.29) is 22.9 Å². The highest BCUT2D eigenvalue weighted by atomic mass is 35.5. The Kier molecular flexibility index (Phi) is 6.00. The van der Waals surface area contributed by atoms with Gasteiger partial charge in [-0.15, -0.1) is 0 Å². The maximum absolute atomic E-state index is 11.8. The van der Waals surface area contributed by atoms with Crippen LogP contribution in [0.3, 0.4) is 0 Å². The Balaban J connectivity index is 3.69. The van der Waals surface area contributed by atoms with E-state index in [2.05, 4.69) is 0 Å². The third-order valence-electron chi connectivity index (χ3n) is 2.85. The molecule has 0 unspecified atom stereocenters. The van der Waals surface area contributed by atoms with Crippen LogP contribution in [0.4, 0.5) is 0 Å². The number of nitrogens with two attached hydrogens (primary N) is 1. The summed E-state index contributed by atoms with van der Waals surface area (Å²) < 4.78 is 28.7. The van der Waals surface area contributed by atoms with Crippen molar-refractivity contribution in [3.05, 3.63) is 22.2 Å². The molecule has 21 heavy (non-hydrogen) atoms. The van der Waals surface area contributed by atoms with E-state index in [0.29, 0.717) is 12.0 Å². The molecule has 1 aromatic carbocycles. The highest BCUT2D eigenvalue weighted by molar-refractivity contribution is 7.89. The molecule has 0 spiro atoms. The van der Waals surface area contributed by atoms with Gasteiger partial charge in [-0.25, -0.2) is 18.4 Å². The molecule has 0 aliphatic carbocycles. The summed E-state index contributed by atoms with van der Waals surface area (Å²) in [6.45, 7) is 3.66. The lowest BCUT2D eigenvalue weighted by Crippen LogP contribution is -2.18. The van der Waals surface area contributed by atoms with Crippen LogP contribution in [0.5, 0.6) is 5.75 Å². The summed E-state index contributed by atoms with van der Waals surface area (Å²) in [4.78, 5) is 10.9. The predicted octanol–water partition coefficient (Wildman–Crippen LogP) is 2.43. The van der Waals surface area contributed by atoms with Gasteiger partial charge in [0.1, 0.15) is 10.5 Å². The molecule has 0 saturated heterocycles. The predicted molar refractivity (Wildman–Crippen MR) is 79.6 cm³/mol. The van der Waals surface area contributed by atoms with Crippen LogP contribution in [0.15, 0.2) is 11.0 Å². The van der Waals surface area contributed by atoms with Gasteiger partial charge >= 0.3 is 5.97 Å². The first-order valence-electron chi connectivity index (χ1n) is 6.48. The molecule has 0 amide bonds. The molecule has 0 saturated carbocycles. The number of carboxylic acids is 1. The second kappa shape index (κ2) is 7.11. The Labute approximate surface area is 128 Å². The van der Waals surface area contributed by atoms with E-state index < -0.39 is 20.9 Å². The molecule has 8 heteroatoms. The summed E-state index contributed by atoms with van der Waals surface area (Å²) >= 11 is 6.11. The number of aromatic carboxylic acids is 1. The SMILES string of the molecule is CCCCc1cc(C(=O)O)c(OCC)c(S(N)(=O)=O)c1Cl. The largest absolute Gasteiger partial charge is 0.491 e. The fraction of sp³-hybridized carbons (Fsp3) is 0.462. The fourth-order valence-corrected chi connectivity index (χ4v) is 3.29. The number of sulfonamides is 1. The van der Waals surface area contributed by atoms with Crippen LogP contribution in [-0.4, -0.2) is 26.1 Å². The number of carbonyl (C=O) groups is 1. The van der Waals surface area contributed by atoms with Crippen LogP contribution in [-0.2, 0) is 16.4 Å². The molecule has 3 N–H and O–H groups in total. The van der Waals surface area contributed by atoms with Crippen molar-refractivity contribution in [1.29, 1.82) is 0 Å². The van der Waals surface area contributed by atoms with E-state index in [1.54, 1.807) is 6.92 Å². The third kappa shape index (κ3) is 4.09. The van der Waals surface area contributed by atoms with E-state index in [0.717, 1.165) is 12.8 Å². The minimum atomic E-state index is -4.21. The lowest BCUT2D eigenvalue weighted by molar-refractivity contribution is 0.0692. The van der Waals surface area contributed by atoms with Crippen molar-refractivity contribution in [3.63, 3.8) is 0 Å². The summed E-state index contributed by atoms with van der Waals surface area (Å²) in [6.07, 6.45) is 2.07. The summed E-state index contributed by atoms with van der Waals surface area (Å²) in [5, 5.41) is 14.4. The molecule has 0 bridgehead atoms. The van der Waals surface area contributed by atoms with Gasteiger partial charge in [-0.2, -0.15) is 0 Å². The van der Waals surface area contributed by atoms with Gasteiger partial charge in [0, 0.05) is 0 Å². The van der Waals surface area contributed by atoms with Gasteiger partial charge in [0.15, 0.2) is 5.75 Å². The quantitative estimate of drug-likeness (QED) is 0.795. The number of hydrogen-bond donors (Lipinski definition) is 2. The highest BCUT2D eigenvalue weighted by Crippen LogP contribution is 2.37. The zero-order valence-corrected chi connectivity index (χ0v) is 13.4. The summed E-state index contributed by atoms with van der Waals surface area (Å²) in [6, 6.07) is 1.35. The van der Waals surface area contributed by atoms with E-state index >= 15 is 0 Å². The number of aryl methyl sites for hydroxylation is 1. The number of rotatable bonds is 7. The van der Waals surface area contributed by atoms with E-state index in [9.17, 15) is 18.3 Å². The number of benzene rings is 1. The average Bonchev–Trinajstić information content (AvgIpc) is 2.36. The first-order valence-corrected chi connectivity index (χ1v) is 8.40. The van der Waals surface area contributed by atoms with E-state index in [1.807, 2.05) is 6.92 Å². The minimum Gasteiger partial charge on any atom is -0.491 e. The Hall–Kier alpha value is -1.31. The number of unbranched alkanes of at least 4 members (excludes halogenated alkanes) is 1. The molecular formula is C13H18ClNO5S. The number of carboxylic acid groups (broad SMARTS) is 1. The van der Waals surface area contributed by atoms with Gasteiger partial charge in [0.25, 0.3) is 0 Å². The van der Waals surface area contributed by atoms with Crippen LogP contribution in [0.1, 0.15) is 42.6 Å². The van der Waals surface area contributed by atoms with Crippen molar-refractivity contribution < 1.29 is 23.1 Å². The maximum atomic E-state index is 11.8. The number of halogens is 1. The smallest absolute Gasteiger partial charge is 0.339 e. The molecule has 1 rings (SSSR count). The van der Waals surface area contributed by atoms with Crippen molar-refractivity contribution in [2.24, 2.45) is 5.14 Å². The topological polar surface area (TPSA) is 107 Å². The van der Waals surface area contributed by atoms with Crippen molar-refractivity contribution >= 4 is 27.6 Å². The zero-order valence-electron chi connectivity index (χ0n) is 11.8. The Morgan fingerprint density at radius 1 is 1.43 bits per heavy atom. The van der Waals surface area contributed by atoms with Gasteiger partial charge < -0.3 is 9.84 Å². The van der Waals surface area contributed by atoms with E-state index in [1.165, 1.54) is 6.07 Å². The summed E-state index contributed by atoms with van der Waals surface area (Å²) in [7, 11) is -4.21. The van der Waals surface area contributed by atoms with Gasteiger partial charge in [-0.1, -0.05) is 24.9 Å². The molecule has 1 aromatic rings. The number of ether oxygens (including phenoxy) is 1. The van der Waals surface area contributed by atoms with Crippen molar-refractivity contribution in [2.75, 3.05) is 6.61 Å². The molecule has 0 radical (unpaired) electrons. The molecular weight excluding hydrogens is 318 g/mol. The monoisotopic (exact) mass is 335 g/mol. The van der Waals surface area contributed by atoms with Crippen LogP contribution < -0.4 is 9.88 Å². The van der Waals surface area contributed by atoms with Crippen LogP contribution in [0.25, 0.3) is 0 Å². The van der Waals surface area contributed by atoms with Crippen LogP contribution >= 0.6 is 11.6 Å². The average molecular weight is 336 g/mol. The van der Waals surface area contributed by atoms with Gasteiger partial charge in [-0.05, 0) is 31.4 Å². The fourth-order valence-electron chi connectivity index (χ4n) is 1.92. The molecule has 0 aromatic heterocycles. The van der Waals surface area contributed by atoms with E-state index in [4.69, 9.17) is 21.5 Å². The zero-order chi connectivity index (χ0) is 16.2. The second-order valence-corrected chi connectivity index (χ2v) is 6.32. The Morgan fingerprint density at radius 3 is 2.48 bits per heavy atom. The molecule has 6 nitrogen and oxygen atoms in total. The number of primary sulfonamides is 1. The minimum absolute atomic E-state index is 0.0700. The van der Waals surface area contributed by atoms with Crippen molar-refractivity contribution in [2.45, 2.75) is 38.0 Å². The Morgan fingerprint density at radius 2 is 2.05 bits per heavy atom.